The van der Waals surface area contributed by atoms with Gasteiger partial charge in [0, 0.05) is 23.5 Å². The van der Waals surface area contributed by atoms with Gasteiger partial charge in [-0.3, -0.25) is 14.3 Å². The van der Waals surface area contributed by atoms with Crippen molar-refractivity contribution in [3.63, 3.8) is 0 Å². The van der Waals surface area contributed by atoms with Crippen molar-refractivity contribution in [2.45, 2.75) is 33.9 Å². The van der Waals surface area contributed by atoms with E-state index in [0.29, 0.717) is 6.54 Å². The molecule has 0 aliphatic rings. The van der Waals surface area contributed by atoms with E-state index < -0.39 is 0 Å². The van der Waals surface area contributed by atoms with Gasteiger partial charge in [-0.25, -0.2) is 5.43 Å². The number of amides is 1. The van der Waals surface area contributed by atoms with E-state index in [0.717, 1.165) is 17.0 Å². The summed E-state index contributed by atoms with van der Waals surface area (Å²) in [4.78, 5) is 23.6. The van der Waals surface area contributed by atoms with E-state index in [4.69, 9.17) is 0 Å². The second-order valence-electron chi connectivity index (χ2n) is 6.69. The Kier molecular flexibility index (Phi) is 5.84. The zero-order chi connectivity index (χ0) is 20.1. The second-order valence-corrected chi connectivity index (χ2v) is 6.69. The number of pyridine rings is 1. The van der Waals surface area contributed by atoms with Gasteiger partial charge in [-0.2, -0.15) is 10.2 Å². The van der Waals surface area contributed by atoms with Crippen LogP contribution in [0.3, 0.4) is 0 Å². The van der Waals surface area contributed by atoms with Crippen molar-refractivity contribution in [1.82, 2.24) is 19.8 Å². The van der Waals surface area contributed by atoms with Crippen LogP contribution in [0.5, 0.6) is 0 Å². The first-order valence-electron chi connectivity index (χ1n) is 9.01. The number of carbonyl (C=O) groups excluding carboxylic acids is 1. The number of aromatic nitrogens is 3. The Morgan fingerprint density at radius 1 is 1.14 bits per heavy atom. The van der Waals surface area contributed by atoms with Crippen molar-refractivity contribution in [3.05, 3.63) is 87.1 Å². The average molecular weight is 377 g/mol. The van der Waals surface area contributed by atoms with Gasteiger partial charge < -0.3 is 4.57 Å². The van der Waals surface area contributed by atoms with E-state index in [1.807, 2.05) is 18.5 Å². The van der Waals surface area contributed by atoms with Gasteiger partial charge in [0.1, 0.15) is 6.54 Å². The molecule has 0 aliphatic carbocycles. The van der Waals surface area contributed by atoms with Crippen LogP contribution in [0.15, 0.2) is 58.6 Å². The van der Waals surface area contributed by atoms with Crippen molar-refractivity contribution in [1.29, 1.82) is 0 Å². The summed E-state index contributed by atoms with van der Waals surface area (Å²) in [6.45, 7) is 6.53. The third-order valence-electron chi connectivity index (χ3n) is 4.49. The van der Waals surface area contributed by atoms with Crippen LogP contribution < -0.4 is 11.0 Å². The molecule has 7 heteroatoms. The SMILES string of the molecule is Cc1ccc(Cn2nc(C)c(/C=N\NC(=O)Cn3ccccc3=O)c2C)cc1. The fraction of sp³-hybridized carbons (Fsp3) is 0.238. The van der Waals surface area contributed by atoms with E-state index in [-0.39, 0.29) is 18.0 Å². The molecule has 1 amide bonds. The monoisotopic (exact) mass is 377 g/mol. The lowest BCUT2D eigenvalue weighted by molar-refractivity contribution is -0.121. The largest absolute Gasteiger partial charge is 0.306 e. The highest BCUT2D eigenvalue weighted by atomic mass is 16.2. The number of rotatable bonds is 6. The molecule has 2 aromatic heterocycles. The van der Waals surface area contributed by atoms with Crippen molar-refractivity contribution >= 4 is 12.1 Å². The minimum atomic E-state index is -0.369. The fourth-order valence-corrected chi connectivity index (χ4v) is 2.87. The average Bonchev–Trinajstić information content (AvgIpc) is 2.93. The number of benzene rings is 1. The predicted molar refractivity (Wildman–Crippen MR) is 108 cm³/mol. The summed E-state index contributed by atoms with van der Waals surface area (Å²) in [6.07, 6.45) is 3.16. The van der Waals surface area contributed by atoms with Crippen molar-refractivity contribution < 1.29 is 4.79 Å². The first kappa shape index (κ1) is 19.3. The number of nitrogens with zero attached hydrogens (tertiary/aromatic N) is 4. The minimum absolute atomic E-state index is 0.0817. The summed E-state index contributed by atoms with van der Waals surface area (Å²) in [5.41, 5.74) is 7.29. The Balaban J connectivity index is 1.66. The van der Waals surface area contributed by atoms with Gasteiger partial charge in [-0.1, -0.05) is 35.9 Å². The van der Waals surface area contributed by atoms with Crippen LogP contribution in [0.25, 0.3) is 0 Å². The van der Waals surface area contributed by atoms with Crippen LogP contribution >= 0.6 is 0 Å². The number of aryl methyl sites for hydroxylation is 2. The maximum absolute atomic E-state index is 12.0. The molecule has 28 heavy (non-hydrogen) atoms. The minimum Gasteiger partial charge on any atom is -0.306 e. The molecular formula is C21H23N5O2. The molecule has 1 N–H and O–H groups in total. The highest BCUT2D eigenvalue weighted by Crippen LogP contribution is 2.13. The number of carbonyl (C=O) groups is 1. The summed E-state index contributed by atoms with van der Waals surface area (Å²) in [5.74, 6) is -0.369. The van der Waals surface area contributed by atoms with Crippen LogP contribution in [0.1, 0.15) is 28.1 Å². The molecule has 0 radical (unpaired) electrons. The lowest BCUT2D eigenvalue weighted by atomic mass is 10.1. The third kappa shape index (κ3) is 4.62. The number of hydrogen-bond acceptors (Lipinski definition) is 4. The molecular weight excluding hydrogens is 354 g/mol. The molecule has 0 spiro atoms. The van der Waals surface area contributed by atoms with Crippen LogP contribution in [-0.2, 0) is 17.9 Å². The van der Waals surface area contributed by atoms with Gasteiger partial charge in [0.25, 0.3) is 11.5 Å². The van der Waals surface area contributed by atoms with Crippen LogP contribution in [0, 0.1) is 20.8 Å². The molecule has 0 saturated carbocycles. The third-order valence-corrected chi connectivity index (χ3v) is 4.49. The first-order chi connectivity index (χ1) is 13.4. The normalized spacial score (nSPS) is 11.1. The molecule has 1 aromatic carbocycles. The second kappa shape index (κ2) is 8.47. The summed E-state index contributed by atoms with van der Waals surface area (Å²) in [5, 5.41) is 8.60. The molecule has 3 rings (SSSR count). The predicted octanol–water partition coefficient (Wildman–Crippen LogP) is 2.17. The van der Waals surface area contributed by atoms with Crippen molar-refractivity contribution in [2.75, 3.05) is 0 Å². The molecule has 0 fully saturated rings. The van der Waals surface area contributed by atoms with Gasteiger partial charge in [-0.15, -0.1) is 0 Å². The number of hydrazone groups is 1. The van der Waals surface area contributed by atoms with E-state index in [1.54, 1.807) is 24.5 Å². The Bertz CT molecular complexity index is 1060. The quantitative estimate of drug-likeness (QED) is 0.528. The van der Waals surface area contributed by atoms with E-state index in [2.05, 4.69) is 46.8 Å². The molecule has 3 aromatic rings. The summed E-state index contributed by atoms with van der Waals surface area (Å²) in [7, 11) is 0. The highest BCUT2D eigenvalue weighted by Gasteiger charge is 2.10. The maximum atomic E-state index is 12.0. The van der Waals surface area contributed by atoms with Crippen LogP contribution in [0.4, 0.5) is 0 Å². The molecule has 0 unspecified atom stereocenters. The van der Waals surface area contributed by atoms with Gasteiger partial charge in [-0.05, 0) is 32.4 Å². The zero-order valence-corrected chi connectivity index (χ0v) is 16.2. The fourth-order valence-electron chi connectivity index (χ4n) is 2.87. The lowest BCUT2D eigenvalue weighted by Gasteiger charge is -2.05. The molecule has 0 atom stereocenters. The maximum Gasteiger partial charge on any atom is 0.260 e. The smallest absolute Gasteiger partial charge is 0.260 e. The lowest BCUT2D eigenvalue weighted by Crippen LogP contribution is -2.29. The number of nitrogens with one attached hydrogen (secondary N) is 1. The molecule has 7 nitrogen and oxygen atoms in total. The van der Waals surface area contributed by atoms with Gasteiger partial charge in [0.05, 0.1) is 18.5 Å². The van der Waals surface area contributed by atoms with Gasteiger partial charge >= 0.3 is 0 Å². The standard InChI is InChI=1S/C21H23N5O2/c1-15-7-9-18(10-8-15)13-26-17(3)19(16(2)24-26)12-22-23-20(27)14-25-11-5-4-6-21(25)28/h4-12H,13-14H2,1-3H3,(H,23,27)/b22-12-. The van der Waals surface area contributed by atoms with Crippen LogP contribution in [0.2, 0.25) is 0 Å². The van der Waals surface area contributed by atoms with Crippen molar-refractivity contribution in [3.8, 4) is 0 Å². The summed E-state index contributed by atoms with van der Waals surface area (Å²) >= 11 is 0. The Hall–Kier alpha value is -3.48. The zero-order valence-electron chi connectivity index (χ0n) is 16.2. The van der Waals surface area contributed by atoms with Gasteiger partial charge in [0.15, 0.2) is 0 Å². The van der Waals surface area contributed by atoms with Crippen molar-refractivity contribution in [2.24, 2.45) is 5.10 Å². The number of hydrogen-bond donors (Lipinski definition) is 1. The van der Waals surface area contributed by atoms with E-state index >= 15 is 0 Å². The topological polar surface area (TPSA) is 81.3 Å². The van der Waals surface area contributed by atoms with Crippen LogP contribution in [-0.4, -0.2) is 26.5 Å². The molecule has 144 valence electrons. The summed E-state index contributed by atoms with van der Waals surface area (Å²) in [6, 6.07) is 13.1. The van der Waals surface area contributed by atoms with Gasteiger partial charge in [0.2, 0.25) is 0 Å². The van der Waals surface area contributed by atoms with E-state index in [9.17, 15) is 9.59 Å². The molecule has 2 heterocycles. The Morgan fingerprint density at radius 3 is 2.61 bits per heavy atom. The summed E-state index contributed by atoms with van der Waals surface area (Å²) < 4.78 is 3.24. The first-order valence-corrected chi connectivity index (χ1v) is 9.01. The molecule has 0 aliphatic heterocycles. The Labute approximate surface area is 163 Å². The molecule has 0 saturated heterocycles. The Morgan fingerprint density at radius 2 is 1.89 bits per heavy atom. The van der Waals surface area contributed by atoms with E-state index in [1.165, 1.54) is 21.8 Å². The highest BCUT2D eigenvalue weighted by molar-refractivity contribution is 5.84. The molecule has 0 bridgehead atoms.